The number of benzene rings is 1. The maximum Gasteiger partial charge on any atom is 0.416 e. The first-order valence-electron chi connectivity index (χ1n) is 8.90. The van der Waals surface area contributed by atoms with E-state index >= 15 is 0 Å². The molecule has 1 aromatic heterocycles. The lowest BCUT2D eigenvalue weighted by Crippen LogP contribution is -2.21. The van der Waals surface area contributed by atoms with E-state index in [9.17, 15) is 18.0 Å². The summed E-state index contributed by atoms with van der Waals surface area (Å²) in [5, 5.41) is 7.27. The summed E-state index contributed by atoms with van der Waals surface area (Å²) in [4.78, 5) is 12.4. The molecule has 5 nitrogen and oxygen atoms in total. The molecule has 0 atom stereocenters. The number of aryl methyl sites for hydroxylation is 1. The highest BCUT2D eigenvalue weighted by Gasteiger charge is 2.30. The third-order valence-electron chi connectivity index (χ3n) is 4.87. The van der Waals surface area contributed by atoms with Crippen LogP contribution in [0.15, 0.2) is 24.3 Å². The Hall–Kier alpha value is -2.51. The Bertz CT molecular complexity index is 824. The molecule has 1 amide bonds. The van der Waals surface area contributed by atoms with E-state index in [-0.39, 0.29) is 24.3 Å². The van der Waals surface area contributed by atoms with Crippen molar-refractivity contribution in [2.75, 3.05) is 5.32 Å². The summed E-state index contributed by atoms with van der Waals surface area (Å²) in [6, 6.07) is 4.71. The predicted molar refractivity (Wildman–Crippen MR) is 94.4 cm³/mol. The van der Waals surface area contributed by atoms with Crippen LogP contribution < -0.4 is 10.1 Å². The molecular formula is C19H22F3N3O2. The van der Waals surface area contributed by atoms with Crippen LogP contribution in [-0.4, -0.2) is 15.7 Å². The van der Waals surface area contributed by atoms with Crippen LogP contribution in [0.3, 0.4) is 0 Å². The zero-order valence-corrected chi connectivity index (χ0v) is 15.3. The topological polar surface area (TPSA) is 56.1 Å². The highest BCUT2D eigenvalue weighted by molar-refractivity contribution is 5.93. The molecule has 1 fully saturated rings. The highest BCUT2D eigenvalue weighted by atomic mass is 19.4. The van der Waals surface area contributed by atoms with Gasteiger partial charge in [0.25, 0.3) is 0 Å². The van der Waals surface area contributed by atoms with Crippen LogP contribution in [0.25, 0.3) is 0 Å². The molecule has 1 N–H and O–H groups in total. The number of carbonyl (C=O) groups excluding carboxylic acids is 1. The third-order valence-corrected chi connectivity index (χ3v) is 4.87. The standard InChI is InChI=1S/C19H22F3N3O2/c1-12-17(23-18(26)14-6-3-4-7-14)13(2)25(24-12)11-27-16-9-5-8-15(10-16)19(20,21)22/h5,8-10,14H,3-4,6-7,11H2,1-2H3,(H,23,26). The summed E-state index contributed by atoms with van der Waals surface area (Å²) < 4.78 is 45.4. The largest absolute Gasteiger partial charge is 0.471 e. The Morgan fingerprint density at radius 1 is 1.30 bits per heavy atom. The summed E-state index contributed by atoms with van der Waals surface area (Å²) in [6.45, 7) is 3.52. The lowest BCUT2D eigenvalue weighted by atomic mass is 10.1. The summed E-state index contributed by atoms with van der Waals surface area (Å²) >= 11 is 0. The fourth-order valence-electron chi connectivity index (χ4n) is 3.31. The van der Waals surface area contributed by atoms with Crippen molar-refractivity contribution in [3.63, 3.8) is 0 Å². The van der Waals surface area contributed by atoms with Gasteiger partial charge < -0.3 is 10.1 Å². The van der Waals surface area contributed by atoms with Crippen molar-refractivity contribution in [3.8, 4) is 5.75 Å². The number of nitrogens with zero attached hydrogens (tertiary/aromatic N) is 2. The van der Waals surface area contributed by atoms with Crippen LogP contribution in [0.1, 0.15) is 42.6 Å². The van der Waals surface area contributed by atoms with Crippen LogP contribution in [0.5, 0.6) is 5.75 Å². The zero-order chi connectivity index (χ0) is 19.6. The molecule has 3 rings (SSSR count). The second-order valence-corrected chi connectivity index (χ2v) is 6.82. The molecule has 0 unspecified atom stereocenters. The molecule has 1 heterocycles. The van der Waals surface area contributed by atoms with Crippen molar-refractivity contribution in [2.45, 2.75) is 52.4 Å². The van der Waals surface area contributed by atoms with Crippen molar-refractivity contribution in [1.29, 1.82) is 0 Å². The summed E-state index contributed by atoms with van der Waals surface area (Å²) in [7, 11) is 0. The minimum atomic E-state index is -4.42. The molecule has 0 saturated heterocycles. The quantitative estimate of drug-likeness (QED) is 0.818. The number of anilines is 1. The lowest BCUT2D eigenvalue weighted by molar-refractivity contribution is -0.137. The number of alkyl halides is 3. The molecule has 0 spiro atoms. The van der Waals surface area contributed by atoms with Gasteiger partial charge in [-0.05, 0) is 44.9 Å². The number of rotatable bonds is 5. The number of halogens is 3. The van der Waals surface area contributed by atoms with Gasteiger partial charge >= 0.3 is 6.18 Å². The Morgan fingerprint density at radius 2 is 2.00 bits per heavy atom. The average Bonchev–Trinajstić information content (AvgIpc) is 3.24. The molecule has 146 valence electrons. The van der Waals surface area contributed by atoms with Crippen LogP contribution in [-0.2, 0) is 17.7 Å². The van der Waals surface area contributed by atoms with Crippen LogP contribution in [0.2, 0.25) is 0 Å². The molecule has 2 aromatic rings. The van der Waals surface area contributed by atoms with E-state index in [1.54, 1.807) is 13.8 Å². The van der Waals surface area contributed by atoms with Gasteiger partial charge in [-0.2, -0.15) is 18.3 Å². The van der Waals surface area contributed by atoms with Gasteiger partial charge in [0.05, 0.1) is 22.6 Å². The molecule has 1 aromatic carbocycles. The molecular weight excluding hydrogens is 359 g/mol. The maximum atomic E-state index is 12.8. The molecule has 27 heavy (non-hydrogen) atoms. The monoisotopic (exact) mass is 381 g/mol. The van der Waals surface area contributed by atoms with Gasteiger partial charge in [-0.25, -0.2) is 4.68 Å². The normalized spacial score (nSPS) is 15.1. The molecule has 1 saturated carbocycles. The Labute approximate surface area is 155 Å². The van der Waals surface area contributed by atoms with Crippen molar-refractivity contribution in [1.82, 2.24) is 9.78 Å². The van der Waals surface area contributed by atoms with Crippen LogP contribution in [0, 0.1) is 19.8 Å². The van der Waals surface area contributed by atoms with E-state index in [0.717, 1.165) is 37.8 Å². The maximum absolute atomic E-state index is 12.8. The number of carbonyl (C=O) groups is 1. The first kappa shape index (κ1) is 19.3. The van der Waals surface area contributed by atoms with E-state index in [4.69, 9.17) is 4.74 Å². The lowest BCUT2D eigenvalue weighted by Gasteiger charge is -2.12. The second kappa shape index (κ2) is 7.62. The Balaban J connectivity index is 1.69. The van der Waals surface area contributed by atoms with Gasteiger partial charge in [0.1, 0.15) is 5.75 Å². The van der Waals surface area contributed by atoms with Gasteiger partial charge in [0, 0.05) is 5.92 Å². The van der Waals surface area contributed by atoms with Gasteiger partial charge in [-0.1, -0.05) is 18.9 Å². The first-order chi connectivity index (χ1) is 12.8. The van der Waals surface area contributed by atoms with E-state index in [2.05, 4.69) is 10.4 Å². The van der Waals surface area contributed by atoms with Gasteiger partial charge in [0.15, 0.2) is 6.73 Å². The minimum absolute atomic E-state index is 0.00273. The van der Waals surface area contributed by atoms with E-state index in [1.165, 1.54) is 16.8 Å². The fraction of sp³-hybridized carbons (Fsp3) is 0.474. The molecule has 8 heteroatoms. The molecule has 0 aliphatic heterocycles. The first-order valence-corrected chi connectivity index (χ1v) is 8.90. The highest BCUT2D eigenvalue weighted by Crippen LogP contribution is 2.31. The SMILES string of the molecule is Cc1nn(COc2cccc(C(F)(F)F)c2)c(C)c1NC(=O)C1CCCC1. The van der Waals surface area contributed by atoms with Crippen molar-refractivity contribution >= 4 is 11.6 Å². The number of hydrogen-bond donors (Lipinski definition) is 1. The van der Waals surface area contributed by atoms with Crippen molar-refractivity contribution in [2.24, 2.45) is 5.92 Å². The average molecular weight is 381 g/mol. The van der Waals surface area contributed by atoms with Crippen LogP contribution >= 0.6 is 0 Å². The minimum Gasteiger partial charge on any atom is -0.471 e. The fourth-order valence-corrected chi connectivity index (χ4v) is 3.31. The van der Waals surface area contributed by atoms with Crippen molar-refractivity contribution in [3.05, 3.63) is 41.2 Å². The zero-order valence-electron chi connectivity index (χ0n) is 15.3. The predicted octanol–water partition coefficient (Wildman–Crippen LogP) is 4.68. The van der Waals surface area contributed by atoms with E-state index < -0.39 is 11.7 Å². The number of hydrogen-bond acceptors (Lipinski definition) is 3. The molecule has 0 radical (unpaired) electrons. The Kier molecular flexibility index (Phi) is 5.43. The van der Waals surface area contributed by atoms with Gasteiger partial charge in [-0.15, -0.1) is 0 Å². The number of nitrogens with one attached hydrogen (secondary N) is 1. The van der Waals surface area contributed by atoms with Crippen molar-refractivity contribution < 1.29 is 22.7 Å². The summed E-state index contributed by atoms with van der Waals surface area (Å²) in [6.07, 6.45) is -0.483. The number of amides is 1. The number of ether oxygens (including phenoxy) is 1. The number of aromatic nitrogens is 2. The van der Waals surface area contributed by atoms with E-state index in [1.807, 2.05) is 0 Å². The third kappa shape index (κ3) is 4.43. The van der Waals surface area contributed by atoms with Gasteiger partial charge in [0.2, 0.25) is 5.91 Å². The van der Waals surface area contributed by atoms with E-state index in [0.29, 0.717) is 17.1 Å². The Morgan fingerprint density at radius 3 is 2.67 bits per heavy atom. The molecule has 1 aliphatic rings. The van der Waals surface area contributed by atoms with Gasteiger partial charge in [-0.3, -0.25) is 4.79 Å². The summed E-state index contributed by atoms with van der Waals surface area (Å²) in [5.74, 6) is 0.138. The molecule has 0 bridgehead atoms. The summed E-state index contributed by atoms with van der Waals surface area (Å²) in [5.41, 5.74) is 1.22. The van der Waals surface area contributed by atoms with Crippen LogP contribution in [0.4, 0.5) is 18.9 Å². The molecule has 1 aliphatic carbocycles. The smallest absolute Gasteiger partial charge is 0.416 e. The second-order valence-electron chi connectivity index (χ2n) is 6.82.